The van der Waals surface area contributed by atoms with Crippen LogP contribution in [0.3, 0.4) is 0 Å². The SMILES string of the molecule is O=C(CN1CCC(O)(c2ccccc2)CC1)NC1CCCC1. The number of carbonyl (C=O) groups excluding carboxylic acids is 1. The van der Waals surface area contributed by atoms with Crippen molar-refractivity contribution in [1.29, 1.82) is 0 Å². The fourth-order valence-corrected chi connectivity index (χ4v) is 3.66. The fraction of sp³-hybridized carbons (Fsp3) is 0.611. The molecule has 0 aromatic heterocycles. The van der Waals surface area contributed by atoms with Gasteiger partial charge in [-0.15, -0.1) is 0 Å². The third-order valence-electron chi connectivity index (χ3n) is 5.08. The summed E-state index contributed by atoms with van der Waals surface area (Å²) in [5.41, 5.74) is 0.254. The molecular formula is C18H26N2O2. The topological polar surface area (TPSA) is 52.6 Å². The Morgan fingerprint density at radius 3 is 2.45 bits per heavy atom. The summed E-state index contributed by atoms with van der Waals surface area (Å²) in [4.78, 5) is 14.2. The molecule has 120 valence electrons. The van der Waals surface area contributed by atoms with Crippen molar-refractivity contribution in [2.45, 2.75) is 50.2 Å². The van der Waals surface area contributed by atoms with Gasteiger partial charge in [0.15, 0.2) is 0 Å². The van der Waals surface area contributed by atoms with Crippen LogP contribution in [0, 0.1) is 0 Å². The van der Waals surface area contributed by atoms with Gasteiger partial charge in [0.1, 0.15) is 0 Å². The van der Waals surface area contributed by atoms with Gasteiger partial charge in [-0.3, -0.25) is 9.69 Å². The molecule has 1 aliphatic carbocycles. The summed E-state index contributed by atoms with van der Waals surface area (Å²) in [7, 11) is 0. The van der Waals surface area contributed by atoms with Crippen molar-refractivity contribution in [3.05, 3.63) is 35.9 Å². The molecule has 1 saturated heterocycles. The number of amides is 1. The molecule has 0 radical (unpaired) electrons. The summed E-state index contributed by atoms with van der Waals surface area (Å²) < 4.78 is 0. The molecular weight excluding hydrogens is 276 g/mol. The Bertz CT molecular complexity index is 489. The molecule has 1 heterocycles. The van der Waals surface area contributed by atoms with E-state index in [1.54, 1.807) is 0 Å². The van der Waals surface area contributed by atoms with Gasteiger partial charge in [0, 0.05) is 19.1 Å². The van der Waals surface area contributed by atoms with Crippen LogP contribution in [0.5, 0.6) is 0 Å². The lowest BCUT2D eigenvalue weighted by Crippen LogP contribution is -2.47. The minimum atomic E-state index is -0.736. The molecule has 2 aliphatic rings. The fourth-order valence-electron chi connectivity index (χ4n) is 3.66. The quantitative estimate of drug-likeness (QED) is 0.895. The molecule has 0 atom stereocenters. The predicted molar refractivity (Wildman–Crippen MR) is 86.4 cm³/mol. The van der Waals surface area contributed by atoms with Crippen molar-refractivity contribution in [3.63, 3.8) is 0 Å². The number of hydrogen-bond acceptors (Lipinski definition) is 3. The van der Waals surface area contributed by atoms with Crippen LogP contribution >= 0.6 is 0 Å². The number of aliphatic hydroxyl groups is 1. The number of nitrogens with one attached hydrogen (secondary N) is 1. The van der Waals surface area contributed by atoms with E-state index < -0.39 is 5.60 Å². The van der Waals surface area contributed by atoms with Gasteiger partial charge in [-0.25, -0.2) is 0 Å². The van der Waals surface area contributed by atoms with E-state index in [2.05, 4.69) is 10.2 Å². The molecule has 0 unspecified atom stereocenters. The van der Waals surface area contributed by atoms with Crippen LogP contribution in [0.15, 0.2) is 30.3 Å². The van der Waals surface area contributed by atoms with E-state index in [-0.39, 0.29) is 5.91 Å². The first-order chi connectivity index (χ1) is 10.7. The van der Waals surface area contributed by atoms with Gasteiger partial charge in [-0.05, 0) is 31.2 Å². The van der Waals surface area contributed by atoms with Gasteiger partial charge in [-0.2, -0.15) is 0 Å². The Labute approximate surface area is 132 Å². The average Bonchev–Trinajstić information content (AvgIpc) is 3.03. The number of rotatable bonds is 4. The van der Waals surface area contributed by atoms with E-state index in [0.717, 1.165) is 31.5 Å². The zero-order valence-electron chi connectivity index (χ0n) is 13.1. The van der Waals surface area contributed by atoms with Gasteiger partial charge >= 0.3 is 0 Å². The number of nitrogens with zero attached hydrogens (tertiary/aromatic N) is 1. The maximum Gasteiger partial charge on any atom is 0.234 e. The standard InChI is InChI=1S/C18H26N2O2/c21-17(19-16-8-4-5-9-16)14-20-12-10-18(22,11-13-20)15-6-2-1-3-7-15/h1-3,6-7,16,22H,4-5,8-14H2,(H,19,21). The first kappa shape index (κ1) is 15.5. The van der Waals surface area contributed by atoms with Crippen molar-refractivity contribution in [2.24, 2.45) is 0 Å². The second-order valence-corrected chi connectivity index (χ2v) is 6.72. The summed E-state index contributed by atoms with van der Waals surface area (Å²) in [6.07, 6.45) is 6.10. The molecule has 2 N–H and O–H groups in total. The molecule has 4 nitrogen and oxygen atoms in total. The Morgan fingerprint density at radius 1 is 1.18 bits per heavy atom. The molecule has 1 aromatic carbocycles. The largest absolute Gasteiger partial charge is 0.385 e. The van der Waals surface area contributed by atoms with Gasteiger partial charge in [0.05, 0.1) is 12.1 Å². The Morgan fingerprint density at radius 2 is 1.82 bits per heavy atom. The summed E-state index contributed by atoms with van der Waals surface area (Å²) >= 11 is 0. The average molecular weight is 302 g/mol. The third kappa shape index (κ3) is 3.68. The van der Waals surface area contributed by atoms with Crippen molar-refractivity contribution >= 4 is 5.91 Å². The molecule has 3 rings (SSSR count). The second kappa shape index (κ2) is 6.80. The van der Waals surface area contributed by atoms with Crippen LogP contribution in [0.4, 0.5) is 0 Å². The maximum atomic E-state index is 12.1. The lowest BCUT2D eigenvalue weighted by atomic mass is 9.84. The minimum absolute atomic E-state index is 0.136. The summed E-state index contributed by atoms with van der Waals surface area (Å²) in [6.45, 7) is 1.99. The van der Waals surface area contributed by atoms with Gasteiger partial charge in [0.25, 0.3) is 0 Å². The third-order valence-corrected chi connectivity index (χ3v) is 5.08. The first-order valence-corrected chi connectivity index (χ1v) is 8.45. The molecule has 22 heavy (non-hydrogen) atoms. The van der Waals surface area contributed by atoms with Crippen molar-refractivity contribution < 1.29 is 9.90 Å². The van der Waals surface area contributed by atoms with Gasteiger partial charge in [0.2, 0.25) is 5.91 Å². The Kier molecular flexibility index (Phi) is 4.79. The number of piperidine rings is 1. The van der Waals surface area contributed by atoms with E-state index in [9.17, 15) is 9.90 Å². The molecule has 1 aliphatic heterocycles. The normalized spacial score (nSPS) is 22.6. The van der Waals surface area contributed by atoms with E-state index >= 15 is 0 Å². The van der Waals surface area contributed by atoms with Crippen molar-refractivity contribution in [1.82, 2.24) is 10.2 Å². The lowest BCUT2D eigenvalue weighted by molar-refractivity contribution is -0.124. The summed E-state index contributed by atoms with van der Waals surface area (Å²) in [6, 6.07) is 10.3. The van der Waals surface area contributed by atoms with E-state index in [1.165, 1.54) is 12.8 Å². The molecule has 1 amide bonds. The molecule has 4 heteroatoms. The highest BCUT2D eigenvalue weighted by molar-refractivity contribution is 5.78. The number of benzene rings is 1. The first-order valence-electron chi connectivity index (χ1n) is 8.45. The predicted octanol–water partition coefficient (Wildman–Crippen LogP) is 2.03. The molecule has 0 bridgehead atoms. The highest BCUT2D eigenvalue weighted by Gasteiger charge is 2.34. The van der Waals surface area contributed by atoms with Crippen LogP contribution in [0.1, 0.15) is 44.1 Å². The minimum Gasteiger partial charge on any atom is -0.385 e. The van der Waals surface area contributed by atoms with Crippen LogP contribution < -0.4 is 5.32 Å². The smallest absolute Gasteiger partial charge is 0.234 e. The maximum absolute atomic E-state index is 12.1. The van der Waals surface area contributed by atoms with Crippen LogP contribution in [0.2, 0.25) is 0 Å². The van der Waals surface area contributed by atoms with Crippen LogP contribution in [0.25, 0.3) is 0 Å². The van der Waals surface area contributed by atoms with Gasteiger partial charge < -0.3 is 10.4 Å². The van der Waals surface area contributed by atoms with Crippen LogP contribution in [-0.2, 0) is 10.4 Å². The van der Waals surface area contributed by atoms with E-state index in [0.29, 0.717) is 25.4 Å². The molecule has 2 fully saturated rings. The highest BCUT2D eigenvalue weighted by atomic mass is 16.3. The molecule has 1 saturated carbocycles. The zero-order valence-corrected chi connectivity index (χ0v) is 13.1. The van der Waals surface area contributed by atoms with E-state index in [1.807, 2.05) is 30.3 Å². The van der Waals surface area contributed by atoms with Gasteiger partial charge in [-0.1, -0.05) is 43.2 Å². The second-order valence-electron chi connectivity index (χ2n) is 6.72. The summed E-state index contributed by atoms with van der Waals surface area (Å²) in [5, 5.41) is 13.9. The number of likely N-dealkylation sites (tertiary alicyclic amines) is 1. The van der Waals surface area contributed by atoms with Crippen LogP contribution in [-0.4, -0.2) is 41.6 Å². The molecule has 0 spiro atoms. The Balaban J connectivity index is 1.48. The zero-order chi connectivity index (χ0) is 15.4. The monoisotopic (exact) mass is 302 g/mol. The number of carbonyl (C=O) groups is 1. The summed E-state index contributed by atoms with van der Waals surface area (Å²) in [5.74, 6) is 0.136. The molecule has 1 aromatic rings. The Hall–Kier alpha value is -1.39. The van der Waals surface area contributed by atoms with Crippen molar-refractivity contribution in [3.8, 4) is 0 Å². The van der Waals surface area contributed by atoms with Crippen molar-refractivity contribution in [2.75, 3.05) is 19.6 Å². The highest BCUT2D eigenvalue weighted by Crippen LogP contribution is 2.32. The number of hydrogen-bond donors (Lipinski definition) is 2. The van der Waals surface area contributed by atoms with E-state index in [4.69, 9.17) is 0 Å². The lowest BCUT2D eigenvalue weighted by Gasteiger charge is -2.38.